The zero-order valence-corrected chi connectivity index (χ0v) is 11.4. The van der Waals surface area contributed by atoms with Crippen molar-refractivity contribution in [3.05, 3.63) is 0 Å². The summed E-state index contributed by atoms with van der Waals surface area (Å²) in [6.07, 6.45) is 0.502. The van der Waals surface area contributed by atoms with Crippen molar-refractivity contribution in [1.82, 2.24) is 15.5 Å². The largest absolute Gasteiger partial charge is 0.354 e. The summed E-state index contributed by atoms with van der Waals surface area (Å²) in [6.45, 7) is 7.75. The van der Waals surface area contributed by atoms with E-state index in [-0.39, 0.29) is 18.4 Å². The highest BCUT2D eigenvalue weighted by molar-refractivity contribution is 6.08. The van der Waals surface area contributed by atoms with Crippen LogP contribution in [0.1, 0.15) is 34.1 Å². The van der Waals surface area contributed by atoms with Gasteiger partial charge in [0.1, 0.15) is 12.1 Å². The minimum Gasteiger partial charge on any atom is -0.354 e. The summed E-state index contributed by atoms with van der Waals surface area (Å²) < 4.78 is 0. The fraction of sp³-hybridized carbons (Fsp3) is 0.750. The third kappa shape index (κ3) is 3.00. The first-order valence-corrected chi connectivity index (χ1v) is 6.21. The number of nitrogens with zero attached hydrogens (tertiary/aromatic N) is 1. The minimum atomic E-state index is -0.880. The van der Waals surface area contributed by atoms with Crippen molar-refractivity contribution in [2.45, 2.75) is 39.7 Å². The molecule has 1 heterocycles. The van der Waals surface area contributed by atoms with Crippen molar-refractivity contribution >= 4 is 17.8 Å². The Labute approximate surface area is 107 Å². The summed E-state index contributed by atoms with van der Waals surface area (Å²) >= 11 is 0. The molecule has 6 nitrogen and oxygen atoms in total. The first kappa shape index (κ1) is 14.5. The lowest BCUT2D eigenvalue weighted by atomic mass is 9.99. The molecule has 4 amide bonds. The minimum absolute atomic E-state index is 0.215. The molecule has 1 aliphatic heterocycles. The Balaban J connectivity index is 2.60. The Bertz CT molecular complexity index is 368. The van der Waals surface area contributed by atoms with Gasteiger partial charge in [0.15, 0.2) is 0 Å². The highest BCUT2D eigenvalue weighted by Gasteiger charge is 2.46. The number of rotatable bonds is 5. The van der Waals surface area contributed by atoms with Crippen LogP contribution >= 0.6 is 0 Å². The number of hydrogen-bond acceptors (Lipinski definition) is 3. The third-order valence-corrected chi connectivity index (χ3v) is 3.06. The maximum atomic E-state index is 12.0. The number of imide groups is 1. The van der Waals surface area contributed by atoms with Crippen LogP contribution in [0.2, 0.25) is 0 Å². The summed E-state index contributed by atoms with van der Waals surface area (Å²) in [7, 11) is 0. The molecule has 6 heteroatoms. The molecule has 102 valence electrons. The van der Waals surface area contributed by atoms with Crippen molar-refractivity contribution in [3.8, 4) is 0 Å². The normalized spacial score (nSPS) is 23.5. The SMILES string of the molecule is CC[C@]1(C)NC(=O)N(CC(=O)NCC(C)C)C1=O. The molecule has 1 aliphatic rings. The van der Waals surface area contributed by atoms with Gasteiger partial charge in [-0.25, -0.2) is 4.79 Å². The van der Waals surface area contributed by atoms with Gasteiger partial charge in [0.05, 0.1) is 0 Å². The molecule has 0 aliphatic carbocycles. The van der Waals surface area contributed by atoms with Gasteiger partial charge in [0.2, 0.25) is 5.91 Å². The van der Waals surface area contributed by atoms with E-state index in [0.717, 1.165) is 4.90 Å². The maximum absolute atomic E-state index is 12.0. The highest BCUT2D eigenvalue weighted by Crippen LogP contribution is 2.20. The van der Waals surface area contributed by atoms with Crippen LogP contribution in [0.3, 0.4) is 0 Å². The maximum Gasteiger partial charge on any atom is 0.325 e. The van der Waals surface area contributed by atoms with Gasteiger partial charge in [-0.15, -0.1) is 0 Å². The van der Waals surface area contributed by atoms with Gasteiger partial charge in [-0.2, -0.15) is 0 Å². The van der Waals surface area contributed by atoms with Gasteiger partial charge >= 0.3 is 6.03 Å². The van der Waals surface area contributed by atoms with E-state index in [0.29, 0.717) is 18.9 Å². The van der Waals surface area contributed by atoms with Gasteiger partial charge in [0, 0.05) is 6.54 Å². The molecule has 18 heavy (non-hydrogen) atoms. The molecule has 0 aromatic rings. The Hall–Kier alpha value is -1.59. The number of amides is 4. The van der Waals surface area contributed by atoms with E-state index in [4.69, 9.17) is 0 Å². The van der Waals surface area contributed by atoms with Crippen LogP contribution < -0.4 is 10.6 Å². The summed E-state index contributed by atoms with van der Waals surface area (Å²) in [5, 5.41) is 5.29. The Kier molecular flexibility index (Phi) is 4.32. The second kappa shape index (κ2) is 5.37. The summed E-state index contributed by atoms with van der Waals surface area (Å²) in [5.41, 5.74) is -0.880. The molecule has 1 atom stereocenters. The summed E-state index contributed by atoms with van der Waals surface area (Å²) in [6, 6.07) is -0.496. The predicted octanol–water partition coefficient (Wildman–Crippen LogP) is 0.479. The molecule has 0 aromatic carbocycles. The first-order valence-electron chi connectivity index (χ1n) is 6.21. The monoisotopic (exact) mass is 255 g/mol. The Morgan fingerprint density at radius 1 is 1.44 bits per heavy atom. The van der Waals surface area contributed by atoms with Crippen LogP contribution in [-0.4, -0.2) is 41.4 Å². The molecule has 2 N–H and O–H groups in total. The molecule has 0 bridgehead atoms. The smallest absolute Gasteiger partial charge is 0.325 e. The van der Waals surface area contributed by atoms with Gasteiger partial charge in [-0.1, -0.05) is 20.8 Å². The van der Waals surface area contributed by atoms with E-state index >= 15 is 0 Å². The van der Waals surface area contributed by atoms with Crippen LogP contribution in [0.5, 0.6) is 0 Å². The molecular formula is C12H21N3O3. The van der Waals surface area contributed by atoms with Crippen molar-refractivity contribution in [3.63, 3.8) is 0 Å². The van der Waals surface area contributed by atoms with E-state index in [2.05, 4.69) is 10.6 Å². The Morgan fingerprint density at radius 2 is 2.06 bits per heavy atom. The fourth-order valence-electron chi connectivity index (χ4n) is 1.65. The van der Waals surface area contributed by atoms with Crippen LogP contribution in [0, 0.1) is 5.92 Å². The van der Waals surface area contributed by atoms with Gasteiger partial charge in [0.25, 0.3) is 5.91 Å². The van der Waals surface area contributed by atoms with E-state index in [1.54, 1.807) is 6.92 Å². The molecule has 0 radical (unpaired) electrons. The Morgan fingerprint density at radius 3 is 2.50 bits per heavy atom. The number of carbonyl (C=O) groups excluding carboxylic acids is 3. The van der Waals surface area contributed by atoms with E-state index in [1.807, 2.05) is 20.8 Å². The highest BCUT2D eigenvalue weighted by atomic mass is 16.2. The average molecular weight is 255 g/mol. The van der Waals surface area contributed by atoms with Crippen molar-refractivity contribution in [2.75, 3.05) is 13.1 Å². The second-order valence-electron chi connectivity index (χ2n) is 5.21. The second-order valence-corrected chi connectivity index (χ2v) is 5.21. The lowest BCUT2D eigenvalue weighted by molar-refractivity contribution is -0.134. The third-order valence-electron chi connectivity index (χ3n) is 3.06. The summed E-state index contributed by atoms with van der Waals surface area (Å²) in [5.74, 6) is -0.319. The average Bonchev–Trinajstić information content (AvgIpc) is 2.51. The predicted molar refractivity (Wildman–Crippen MR) is 66.8 cm³/mol. The topological polar surface area (TPSA) is 78.5 Å². The van der Waals surface area contributed by atoms with Gasteiger partial charge < -0.3 is 10.6 Å². The molecule has 1 fully saturated rings. The van der Waals surface area contributed by atoms with Crippen molar-refractivity contribution in [2.24, 2.45) is 5.92 Å². The van der Waals surface area contributed by atoms with Crippen LogP contribution in [0.15, 0.2) is 0 Å². The molecule has 1 rings (SSSR count). The lowest BCUT2D eigenvalue weighted by Gasteiger charge is -2.19. The first-order chi connectivity index (χ1) is 8.30. The van der Waals surface area contributed by atoms with Crippen molar-refractivity contribution in [1.29, 1.82) is 0 Å². The standard InChI is InChI=1S/C12H21N3O3/c1-5-12(4)10(17)15(11(18)14-12)7-9(16)13-6-8(2)3/h8H,5-7H2,1-4H3,(H,13,16)(H,14,18)/t12-/m0/s1. The van der Waals surface area contributed by atoms with E-state index in [9.17, 15) is 14.4 Å². The molecule has 1 saturated heterocycles. The molecule has 0 aromatic heterocycles. The number of nitrogens with one attached hydrogen (secondary N) is 2. The molecule has 0 unspecified atom stereocenters. The quantitative estimate of drug-likeness (QED) is 0.701. The number of hydrogen-bond donors (Lipinski definition) is 2. The zero-order valence-electron chi connectivity index (χ0n) is 11.4. The fourth-order valence-corrected chi connectivity index (χ4v) is 1.65. The molecular weight excluding hydrogens is 234 g/mol. The van der Waals surface area contributed by atoms with Crippen LogP contribution in [0.4, 0.5) is 4.79 Å². The van der Waals surface area contributed by atoms with E-state index < -0.39 is 11.6 Å². The zero-order chi connectivity index (χ0) is 13.9. The van der Waals surface area contributed by atoms with Crippen molar-refractivity contribution < 1.29 is 14.4 Å². The van der Waals surface area contributed by atoms with Crippen LogP contribution in [0.25, 0.3) is 0 Å². The van der Waals surface area contributed by atoms with Gasteiger partial charge in [-0.05, 0) is 19.3 Å². The lowest BCUT2D eigenvalue weighted by Crippen LogP contribution is -2.45. The molecule has 0 spiro atoms. The van der Waals surface area contributed by atoms with Crippen LogP contribution in [-0.2, 0) is 9.59 Å². The van der Waals surface area contributed by atoms with Gasteiger partial charge in [-0.3, -0.25) is 14.5 Å². The van der Waals surface area contributed by atoms with E-state index in [1.165, 1.54) is 0 Å². The number of carbonyl (C=O) groups is 3. The number of urea groups is 1. The summed E-state index contributed by atoms with van der Waals surface area (Å²) in [4.78, 5) is 36.2. The molecule has 0 saturated carbocycles.